The lowest BCUT2D eigenvalue weighted by Crippen LogP contribution is -2.14. The molecule has 8 heteroatoms. The molecule has 1 N–H and O–H groups in total. The summed E-state index contributed by atoms with van der Waals surface area (Å²) in [6.45, 7) is 0.313. The first-order valence-corrected chi connectivity index (χ1v) is 10.9. The van der Waals surface area contributed by atoms with E-state index in [1.165, 1.54) is 22.7 Å². The lowest BCUT2D eigenvalue weighted by molar-refractivity contribution is -0.122. The molecule has 2 heterocycles. The Hall–Kier alpha value is -2.84. The zero-order valence-electron chi connectivity index (χ0n) is 15.6. The molecule has 6 nitrogen and oxygen atoms in total. The van der Waals surface area contributed by atoms with Gasteiger partial charge in [-0.2, -0.15) is 0 Å². The van der Waals surface area contributed by atoms with Gasteiger partial charge in [0.1, 0.15) is 18.1 Å². The number of anilines is 1. The largest absolute Gasteiger partial charge is 0.485 e. The van der Waals surface area contributed by atoms with Gasteiger partial charge in [-0.3, -0.25) is 14.4 Å². The average Bonchev–Trinajstić information content (AvgIpc) is 3.44. The number of ketones is 2. The Morgan fingerprint density at radius 1 is 1.00 bits per heavy atom. The van der Waals surface area contributed by atoms with Gasteiger partial charge >= 0.3 is 0 Å². The van der Waals surface area contributed by atoms with Crippen molar-refractivity contribution in [3.63, 3.8) is 0 Å². The van der Waals surface area contributed by atoms with Crippen LogP contribution in [0.4, 0.5) is 5.69 Å². The van der Waals surface area contributed by atoms with Gasteiger partial charge in [0, 0.05) is 31.1 Å². The van der Waals surface area contributed by atoms with Crippen LogP contribution < -0.4 is 10.1 Å². The first-order valence-electron chi connectivity index (χ1n) is 9.09. The van der Waals surface area contributed by atoms with E-state index < -0.39 is 0 Å². The van der Waals surface area contributed by atoms with Crippen molar-refractivity contribution in [1.82, 2.24) is 4.98 Å². The maximum atomic E-state index is 12.2. The molecule has 0 aliphatic carbocycles. The summed E-state index contributed by atoms with van der Waals surface area (Å²) in [6.07, 6.45) is 0.490. The quantitative estimate of drug-likeness (QED) is 0.446. The van der Waals surface area contributed by atoms with Gasteiger partial charge in [-0.15, -0.1) is 22.7 Å². The van der Waals surface area contributed by atoms with Crippen LogP contribution in [0.1, 0.15) is 41.0 Å². The van der Waals surface area contributed by atoms with Gasteiger partial charge in [0.2, 0.25) is 5.91 Å². The summed E-state index contributed by atoms with van der Waals surface area (Å²) in [6, 6.07) is 10.7. The maximum Gasteiger partial charge on any atom is 0.224 e. The molecule has 1 aromatic carbocycles. The molecule has 0 unspecified atom stereocenters. The molecule has 0 saturated heterocycles. The topological polar surface area (TPSA) is 85.4 Å². The Morgan fingerprint density at radius 3 is 2.59 bits per heavy atom. The molecule has 0 spiro atoms. The molecule has 0 bridgehead atoms. The Bertz CT molecular complexity index is 953. The van der Waals surface area contributed by atoms with Crippen LogP contribution in [0.25, 0.3) is 0 Å². The van der Waals surface area contributed by atoms with Crippen molar-refractivity contribution in [2.45, 2.75) is 32.3 Å². The van der Waals surface area contributed by atoms with Crippen LogP contribution in [0, 0.1) is 0 Å². The third-order valence-corrected chi connectivity index (χ3v) is 5.62. The van der Waals surface area contributed by atoms with Gasteiger partial charge < -0.3 is 10.1 Å². The van der Waals surface area contributed by atoms with E-state index in [0.717, 1.165) is 5.69 Å². The summed E-state index contributed by atoms with van der Waals surface area (Å²) < 4.78 is 5.73. The van der Waals surface area contributed by atoms with Crippen LogP contribution in [0.2, 0.25) is 0 Å². The van der Waals surface area contributed by atoms with Gasteiger partial charge in [0.05, 0.1) is 21.8 Å². The van der Waals surface area contributed by atoms with E-state index in [4.69, 9.17) is 4.74 Å². The van der Waals surface area contributed by atoms with Crippen molar-refractivity contribution in [2.24, 2.45) is 0 Å². The first kappa shape index (κ1) is 20.9. The van der Waals surface area contributed by atoms with Crippen LogP contribution >= 0.6 is 22.7 Å². The van der Waals surface area contributed by atoms with E-state index in [1.54, 1.807) is 29.8 Å². The van der Waals surface area contributed by atoms with Gasteiger partial charge in [0.15, 0.2) is 5.78 Å². The molecule has 1 amide bonds. The summed E-state index contributed by atoms with van der Waals surface area (Å²) >= 11 is 2.86. The van der Waals surface area contributed by atoms with Crippen LogP contribution in [0.15, 0.2) is 52.7 Å². The second-order valence-corrected chi connectivity index (χ2v) is 7.92. The third-order valence-electron chi connectivity index (χ3n) is 4.08. The normalized spacial score (nSPS) is 10.5. The first-order chi connectivity index (χ1) is 14.1. The lowest BCUT2D eigenvalue weighted by Gasteiger charge is -2.11. The number of carbonyl (C=O) groups is 3. The summed E-state index contributed by atoms with van der Waals surface area (Å²) in [5, 5.41) is 6.51. The van der Waals surface area contributed by atoms with Crippen LogP contribution in [-0.2, 0) is 16.2 Å². The van der Waals surface area contributed by atoms with Gasteiger partial charge in [-0.1, -0.05) is 18.2 Å². The molecule has 3 rings (SSSR count). The predicted molar refractivity (Wildman–Crippen MR) is 114 cm³/mol. The zero-order valence-corrected chi connectivity index (χ0v) is 17.3. The average molecular weight is 429 g/mol. The van der Waals surface area contributed by atoms with Crippen molar-refractivity contribution in [2.75, 3.05) is 5.32 Å². The third kappa shape index (κ3) is 6.62. The molecule has 0 saturated carbocycles. The number of benzene rings is 1. The highest BCUT2D eigenvalue weighted by atomic mass is 32.1. The van der Waals surface area contributed by atoms with Gasteiger partial charge in [0.25, 0.3) is 0 Å². The zero-order chi connectivity index (χ0) is 20.5. The minimum absolute atomic E-state index is 0.0380. The summed E-state index contributed by atoms with van der Waals surface area (Å²) in [7, 11) is 0. The minimum Gasteiger partial charge on any atom is -0.485 e. The molecule has 2 aromatic heterocycles. The number of hydrogen-bond acceptors (Lipinski definition) is 7. The number of hydrogen-bond donors (Lipinski definition) is 1. The predicted octanol–water partition coefficient (Wildman–Crippen LogP) is 4.73. The Balaban J connectivity index is 1.43. The summed E-state index contributed by atoms with van der Waals surface area (Å²) in [5.74, 6) is 0.136. The van der Waals surface area contributed by atoms with E-state index in [-0.39, 0.29) is 43.2 Å². The molecular weight excluding hydrogens is 408 g/mol. The minimum atomic E-state index is -0.271. The monoisotopic (exact) mass is 428 g/mol. The molecule has 0 radical (unpaired) electrons. The number of para-hydroxylation sites is 2. The van der Waals surface area contributed by atoms with E-state index in [9.17, 15) is 14.4 Å². The fourth-order valence-corrected chi connectivity index (χ4v) is 3.80. The second-order valence-electron chi connectivity index (χ2n) is 6.25. The number of thiophene rings is 1. The van der Waals surface area contributed by atoms with Crippen molar-refractivity contribution in [3.05, 3.63) is 63.2 Å². The fourth-order valence-electron chi connectivity index (χ4n) is 2.56. The van der Waals surface area contributed by atoms with E-state index >= 15 is 0 Å². The van der Waals surface area contributed by atoms with Crippen molar-refractivity contribution >= 4 is 45.8 Å². The number of Topliss-reactive ketones (excluding diaryl/α,β-unsaturated/α-hetero) is 2. The number of nitrogens with one attached hydrogen (secondary N) is 1. The number of ether oxygens (including phenoxy) is 1. The Morgan fingerprint density at radius 2 is 1.83 bits per heavy atom. The van der Waals surface area contributed by atoms with Gasteiger partial charge in [-0.25, -0.2) is 4.98 Å². The summed E-state index contributed by atoms with van der Waals surface area (Å²) in [4.78, 5) is 41.0. The van der Waals surface area contributed by atoms with Gasteiger partial charge in [-0.05, 0) is 23.6 Å². The SMILES string of the molecule is O=C(CCC(=O)Nc1ccccc1OCc1cscn1)CCC(=O)c1cccs1. The number of carbonyl (C=O) groups excluding carboxylic acids is 3. The van der Waals surface area contributed by atoms with Crippen molar-refractivity contribution < 1.29 is 19.1 Å². The maximum absolute atomic E-state index is 12.2. The number of amides is 1. The van der Waals surface area contributed by atoms with Crippen molar-refractivity contribution in [3.8, 4) is 5.75 Å². The number of rotatable bonds is 11. The molecule has 150 valence electrons. The lowest BCUT2D eigenvalue weighted by atomic mass is 10.1. The molecule has 3 aromatic rings. The fraction of sp³-hybridized carbons (Fsp3) is 0.238. The van der Waals surface area contributed by atoms with E-state index in [1.807, 2.05) is 22.9 Å². The number of nitrogens with zero attached hydrogens (tertiary/aromatic N) is 1. The highest BCUT2D eigenvalue weighted by molar-refractivity contribution is 7.12. The molecule has 0 fully saturated rings. The van der Waals surface area contributed by atoms with E-state index in [2.05, 4.69) is 10.3 Å². The van der Waals surface area contributed by atoms with Crippen LogP contribution in [0.5, 0.6) is 5.75 Å². The Kier molecular flexibility index (Phi) is 7.66. The molecular formula is C21H20N2O4S2. The number of aromatic nitrogens is 1. The van der Waals surface area contributed by atoms with E-state index in [0.29, 0.717) is 22.9 Å². The highest BCUT2D eigenvalue weighted by Crippen LogP contribution is 2.25. The smallest absolute Gasteiger partial charge is 0.224 e. The Labute approximate surface area is 176 Å². The van der Waals surface area contributed by atoms with Crippen LogP contribution in [-0.4, -0.2) is 22.5 Å². The van der Waals surface area contributed by atoms with Crippen molar-refractivity contribution in [1.29, 1.82) is 0 Å². The molecule has 0 aliphatic heterocycles. The molecule has 0 aliphatic rings. The second kappa shape index (κ2) is 10.6. The highest BCUT2D eigenvalue weighted by Gasteiger charge is 2.13. The standard InChI is InChI=1S/C21H20N2O4S2/c24-16(7-9-18(25)20-6-3-11-29-20)8-10-21(26)23-17-4-1-2-5-19(17)27-12-15-13-28-14-22-15/h1-6,11,13-14H,7-10,12H2,(H,23,26). The summed E-state index contributed by atoms with van der Waals surface area (Å²) in [5.41, 5.74) is 3.10. The van der Waals surface area contributed by atoms with Crippen LogP contribution in [0.3, 0.4) is 0 Å². The molecule has 29 heavy (non-hydrogen) atoms. The molecule has 0 atom stereocenters. The number of thiazole rings is 1.